The van der Waals surface area contributed by atoms with Crippen LogP contribution in [0.1, 0.15) is 52.2 Å². The van der Waals surface area contributed by atoms with Crippen LogP contribution in [0.15, 0.2) is 116 Å². The Morgan fingerprint density at radius 3 is 1.80 bits per heavy atom. The minimum absolute atomic E-state index is 0.0643. The molecule has 1 aliphatic heterocycles. The van der Waals surface area contributed by atoms with E-state index in [1.54, 1.807) is 0 Å². The van der Waals surface area contributed by atoms with E-state index in [9.17, 15) is 4.79 Å². The van der Waals surface area contributed by atoms with Crippen molar-refractivity contribution in [1.29, 1.82) is 0 Å². The van der Waals surface area contributed by atoms with Crippen molar-refractivity contribution in [3.8, 4) is 0 Å². The van der Waals surface area contributed by atoms with Gasteiger partial charge in [0, 0.05) is 5.39 Å². The van der Waals surface area contributed by atoms with Gasteiger partial charge in [0.1, 0.15) is 5.54 Å². The van der Waals surface area contributed by atoms with Gasteiger partial charge in [-0.2, -0.15) is 0 Å². The zero-order chi connectivity index (χ0) is 28.3. The van der Waals surface area contributed by atoms with E-state index in [4.69, 9.17) is 4.98 Å². The third kappa shape index (κ3) is 3.55. The summed E-state index contributed by atoms with van der Waals surface area (Å²) in [5.41, 5.74) is 7.87. The molecule has 1 amide bonds. The van der Waals surface area contributed by atoms with E-state index in [1.165, 1.54) is 5.56 Å². The summed E-state index contributed by atoms with van der Waals surface area (Å²) in [6.07, 6.45) is 1.90. The lowest BCUT2D eigenvalue weighted by Gasteiger charge is -2.38. The summed E-state index contributed by atoms with van der Waals surface area (Å²) in [6.45, 7) is 8.36. The first-order chi connectivity index (χ1) is 19.9. The highest BCUT2D eigenvalue weighted by atomic mass is 16.2. The van der Waals surface area contributed by atoms with Crippen LogP contribution in [0.5, 0.6) is 0 Å². The summed E-state index contributed by atoms with van der Waals surface area (Å²) in [4.78, 5) is 21.0. The van der Waals surface area contributed by atoms with Gasteiger partial charge in [-0.1, -0.05) is 97.1 Å². The SMILES string of the molecule is Cc1cc(C)c2cc3n(c2c1)C(=O)N(c1ncn(C(c2ccccc2)(c2ccccc2)c2ccccc2)c1C)C3C. The fourth-order valence-electron chi connectivity index (χ4n) is 6.81. The Labute approximate surface area is 240 Å². The van der Waals surface area contributed by atoms with Crippen molar-refractivity contribution in [2.75, 3.05) is 4.90 Å². The summed E-state index contributed by atoms with van der Waals surface area (Å²) in [7, 11) is 0. The second kappa shape index (κ2) is 9.34. The first-order valence-corrected chi connectivity index (χ1v) is 14.1. The quantitative estimate of drug-likeness (QED) is 0.209. The van der Waals surface area contributed by atoms with Crippen LogP contribution in [0.2, 0.25) is 0 Å². The maximum absolute atomic E-state index is 14.2. The topological polar surface area (TPSA) is 43.1 Å². The second-order valence-corrected chi connectivity index (χ2v) is 11.1. The van der Waals surface area contributed by atoms with Crippen LogP contribution in [-0.2, 0) is 5.54 Å². The van der Waals surface area contributed by atoms with Crippen LogP contribution in [0.3, 0.4) is 0 Å². The lowest BCUT2D eigenvalue weighted by Crippen LogP contribution is -2.38. The molecule has 4 aromatic carbocycles. The van der Waals surface area contributed by atoms with Crippen LogP contribution in [0, 0.1) is 20.8 Å². The van der Waals surface area contributed by atoms with Crippen LogP contribution >= 0.6 is 0 Å². The van der Waals surface area contributed by atoms with Gasteiger partial charge in [-0.25, -0.2) is 9.78 Å². The molecule has 202 valence electrons. The van der Waals surface area contributed by atoms with Crippen LogP contribution in [-0.4, -0.2) is 20.1 Å². The van der Waals surface area contributed by atoms with Crippen LogP contribution in [0.4, 0.5) is 10.6 Å². The summed E-state index contributed by atoms with van der Waals surface area (Å²) < 4.78 is 4.11. The number of hydrogen-bond acceptors (Lipinski definition) is 2. The molecule has 6 aromatic rings. The van der Waals surface area contributed by atoms with Gasteiger partial charge >= 0.3 is 6.03 Å². The molecule has 1 unspecified atom stereocenters. The Morgan fingerprint density at radius 2 is 1.27 bits per heavy atom. The molecule has 0 aliphatic carbocycles. The number of rotatable bonds is 5. The highest BCUT2D eigenvalue weighted by molar-refractivity contribution is 6.05. The highest BCUT2D eigenvalue weighted by Gasteiger charge is 2.43. The van der Waals surface area contributed by atoms with Crippen LogP contribution in [0.25, 0.3) is 10.9 Å². The normalized spacial score (nSPS) is 15.1. The molecule has 5 nitrogen and oxygen atoms in total. The molecule has 5 heteroatoms. The molecule has 1 atom stereocenters. The number of nitrogens with zero attached hydrogens (tertiary/aromatic N) is 4. The first-order valence-electron chi connectivity index (χ1n) is 14.1. The van der Waals surface area contributed by atoms with Gasteiger partial charge in [0.2, 0.25) is 0 Å². The zero-order valence-electron chi connectivity index (χ0n) is 23.7. The summed E-state index contributed by atoms with van der Waals surface area (Å²) in [5, 5.41) is 1.13. The number of aryl methyl sites for hydroxylation is 2. The molecule has 0 saturated carbocycles. The third-order valence-corrected chi connectivity index (χ3v) is 8.66. The summed E-state index contributed by atoms with van der Waals surface area (Å²) in [5.74, 6) is 0.677. The summed E-state index contributed by atoms with van der Waals surface area (Å²) >= 11 is 0. The predicted molar refractivity (Wildman–Crippen MR) is 165 cm³/mol. The average molecular weight is 537 g/mol. The molecule has 2 aromatic heterocycles. The van der Waals surface area contributed by atoms with Crippen molar-refractivity contribution in [3.05, 3.63) is 155 Å². The molecule has 0 fully saturated rings. The number of anilines is 1. The van der Waals surface area contributed by atoms with Crippen molar-refractivity contribution >= 4 is 22.8 Å². The largest absolute Gasteiger partial charge is 0.335 e. The van der Waals surface area contributed by atoms with E-state index in [1.807, 2.05) is 34.0 Å². The Kier molecular flexibility index (Phi) is 5.72. The van der Waals surface area contributed by atoms with Crippen molar-refractivity contribution in [3.63, 3.8) is 0 Å². The molecule has 0 saturated heterocycles. The second-order valence-electron chi connectivity index (χ2n) is 11.1. The van der Waals surface area contributed by atoms with Crippen LogP contribution < -0.4 is 4.90 Å². The Balaban J connectivity index is 1.45. The molecule has 1 aliphatic rings. The molecule has 0 bridgehead atoms. The number of carbonyl (C=O) groups excluding carboxylic acids is 1. The fraction of sp³-hybridized carbons (Fsp3) is 0.167. The maximum atomic E-state index is 14.2. The van der Waals surface area contributed by atoms with Gasteiger partial charge < -0.3 is 4.57 Å². The lowest BCUT2D eigenvalue weighted by molar-refractivity contribution is 0.250. The molecule has 7 rings (SSSR count). The standard InChI is InChI=1S/C36H32N4O/c1-24-20-25(2)31-22-32-26(3)39(35(41)40(32)33(31)21-24)34-27(4)38(23-37-34)36(28-14-8-5-9-15-28,29-16-10-6-11-17-29)30-18-12-7-13-19-30/h5-23,26H,1-4H3. The molecule has 0 N–H and O–H groups in total. The van der Waals surface area contributed by atoms with E-state index in [-0.39, 0.29) is 12.1 Å². The average Bonchev–Trinajstić information content (AvgIpc) is 3.63. The van der Waals surface area contributed by atoms with Gasteiger partial charge in [0.25, 0.3) is 0 Å². The van der Waals surface area contributed by atoms with Crippen molar-refractivity contribution in [2.24, 2.45) is 0 Å². The number of hydrogen-bond donors (Lipinski definition) is 0. The molecule has 0 spiro atoms. The maximum Gasteiger partial charge on any atom is 0.335 e. The predicted octanol–water partition coefficient (Wildman–Crippen LogP) is 8.15. The Hall–Kier alpha value is -4.90. The number of fused-ring (bicyclic) bond motifs is 3. The first kappa shape index (κ1) is 25.1. The molecule has 3 heterocycles. The minimum atomic E-state index is -0.693. The monoisotopic (exact) mass is 536 g/mol. The van der Waals surface area contributed by atoms with E-state index >= 15 is 0 Å². The third-order valence-electron chi connectivity index (χ3n) is 8.66. The molecule has 41 heavy (non-hydrogen) atoms. The zero-order valence-corrected chi connectivity index (χ0v) is 23.7. The summed E-state index contributed by atoms with van der Waals surface area (Å²) in [6, 6.07) is 37.9. The number of aromatic nitrogens is 3. The number of imidazole rings is 1. The van der Waals surface area contributed by atoms with E-state index in [2.05, 4.69) is 123 Å². The molecular formula is C36H32N4O. The van der Waals surface area contributed by atoms with E-state index in [0.717, 1.165) is 44.5 Å². The van der Waals surface area contributed by atoms with Gasteiger partial charge in [0.15, 0.2) is 5.82 Å². The van der Waals surface area contributed by atoms with Crippen molar-refractivity contribution < 1.29 is 4.79 Å². The van der Waals surface area contributed by atoms with Gasteiger partial charge in [0.05, 0.1) is 29.3 Å². The highest BCUT2D eigenvalue weighted by Crippen LogP contribution is 2.45. The number of benzene rings is 4. The minimum Gasteiger partial charge on any atom is -0.314 e. The van der Waals surface area contributed by atoms with E-state index < -0.39 is 5.54 Å². The Morgan fingerprint density at radius 1 is 0.732 bits per heavy atom. The smallest absolute Gasteiger partial charge is 0.314 e. The van der Waals surface area contributed by atoms with Crippen molar-refractivity contribution in [2.45, 2.75) is 39.3 Å². The molecule has 0 radical (unpaired) electrons. The van der Waals surface area contributed by atoms with Gasteiger partial charge in [-0.3, -0.25) is 9.47 Å². The number of carbonyl (C=O) groups is 1. The number of amides is 1. The van der Waals surface area contributed by atoms with Gasteiger partial charge in [-0.05, 0) is 67.6 Å². The van der Waals surface area contributed by atoms with Crippen molar-refractivity contribution in [1.82, 2.24) is 14.1 Å². The lowest BCUT2D eigenvalue weighted by atomic mass is 9.76. The van der Waals surface area contributed by atoms with Gasteiger partial charge in [-0.15, -0.1) is 0 Å². The molecular weight excluding hydrogens is 504 g/mol. The Bertz CT molecular complexity index is 1810. The van der Waals surface area contributed by atoms with E-state index in [0.29, 0.717) is 5.82 Å². The fourth-order valence-corrected chi connectivity index (χ4v) is 6.81.